The monoisotopic (exact) mass is 245 g/mol. The quantitative estimate of drug-likeness (QED) is 0.873. The summed E-state index contributed by atoms with van der Waals surface area (Å²) in [5, 5.41) is 10.5. The largest absolute Gasteiger partial charge is 0.496 e. The van der Waals surface area contributed by atoms with Crippen molar-refractivity contribution in [1.82, 2.24) is 4.98 Å². The molecular weight excluding hydrogens is 230 g/mol. The molecule has 0 aliphatic heterocycles. The summed E-state index contributed by atoms with van der Waals surface area (Å²) in [5.41, 5.74) is 1.05. The fourth-order valence-corrected chi connectivity index (χ4v) is 2.73. The Bertz CT molecular complexity index is 611. The Labute approximate surface area is 105 Å². The number of aliphatic carboxylic acids is 1. The summed E-state index contributed by atoms with van der Waals surface area (Å²) < 4.78 is 5.36. The highest BCUT2D eigenvalue weighted by Gasteiger charge is 2.46. The number of rotatable bonds is 3. The van der Waals surface area contributed by atoms with E-state index in [1.54, 1.807) is 7.11 Å². The maximum absolute atomic E-state index is 11.5. The van der Waals surface area contributed by atoms with Crippen molar-refractivity contribution in [3.05, 3.63) is 30.0 Å². The van der Waals surface area contributed by atoms with Gasteiger partial charge in [-0.15, -0.1) is 0 Å². The molecule has 94 valence electrons. The molecule has 0 saturated heterocycles. The Hall–Kier alpha value is -1.97. The molecule has 18 heavy (non-hydrogen) atoms. The molecule has 4 nitrogen and oxygen atoms in total. The standard InChI is InChI=1S/C14H15NO3/c1-18-12-8-9(7-11-10(12)3-6-15-11)14(13(16)17)4-2-5-14/h3,6-8,15H,2,4-5H2,1H3,(H,16,17). The van der Waals surface area contributed by atoms with Crippen LogP contribution in [0.25, 0.3) is 10.9 Å². The number of carbonyl (C=O) groups is 1. The van der Waals surface area contributed by atoms with Crippen LogP contribution in [0.5, 0.6) is 5.75 Å². The lowest BCUT2D eigenvalue weighted by molar-refractivity contribution is -0.147. The molecule has 1 aromatic heterocycles. The Morgan fingerprint density at radius 2 is 2.22 bits per heavy atom. The van der Waals surface area contributed by atoms with Crippen LogP contribution < -0.4 is 4.74 Å². The number of hydrogen-bond donors (Lipinski definition) is 2. The minimum absolute atomic E-state index is 0.706. The average Bonchev–Trinajstić information content (AvgIpc) is 2.73. The maximum atomic E-state index is 11.5. The van der Waals surface area contributed by atoms with Crippen molar-refractivity contribution < 1.29 is 14.6 Å². The molecule has 1 aliphatic rings. The van der Waals surface area contributed by atoms with Crippen LogP contribution in [0, 0.1) is 0 Å². The second-order valence-electron chi connectivity index (χ2n) is 4.86. The molecule has 1 aliphatic carbocycles. The van der Waals surface area contributed by atoms with E-state index in [1.165, 1.54) is 0 Å². The van der Waals surface area contributed by atoms with Crippen LogP contribution >= 0.6 is 0 Å². The van der Waals surface area contributed by atoms with Gasteiger partial charge in [-0.3, -0.25) is 4.79 Å². The number of aromatic nitrogens is 1. The molecule has 2 aromatic rings. The Morgan fingerprint density at radius 3 is 2.78 bits per heavy atom. The second kappa shape index (κ2) is 3.77. The molecule has 1 aromatic carbocycles. The number of nitrogens with one attached hydrogen (secondary N) is 1. The van der Waals surface area contributed by atoms with Gasteiger partial charge in [0.05, 0.1) is 12.5 Å². The summed E-state index contributed by atoms with van der Waals surface area (Å²) >= 11 is 0. The van der Waals surface area contributed by atoms with Gasteiger partial charge in [0.2, 0.25) is 0 Å². The Kier molecular flexibility index (Phi) is 2.33. The highest BCUT2D eigenvalue weighted by molar-refractivity contribution is 5.90. The molecule has 1 saturated carbocycles. The topological polar surface area (TPSA) is 62.3 Å². The van der Waals surface area contributed by atoms with Gasteiger partial charge in [0.25, 0.3) is 0 Å². The van der Waals surface area contributed by atoms with E-state index in [0.717, 1.165) is 28.6 Å². The molecular formula is C14H15NO3. The molecule has 0 amide bonds. The molecule has 1 heterocycles. The van der Waals surface area contributed by atoms with Gasteiger partial charge >= 0.3 is 5.97 Å². The molecule has 3 rings (SSSR count). The molecule has 2 N–H and O–H groups in total. The number of H-pyrrole nitrogens is 1. The third-order valence-corrected chi connectivity index (χ3v) is 4.02. The molecule has 0 bridgehead atoms. The number of aromatic amines is 1. The molecule has 0 radical (unpaired) electrons. The zero-order chi connectivity index (χ0) is 12.8. The number of ether oxygens (including phenoxy) is 1. The predicted octanol–water partition coefficient (Wildman–Crippen LogP) is 2.68. The molecule has 0 unspecified atom stereocenters. The fourth-order valence-electron chi connectivity index (χ4n) is 2.73. The molecule has 0 spiro atoms. The first-order chi connectivity index (χ1) is 8.67. The Balaban J connectivity index is 2.20. The summed E-state index contributed by atoms with van der Waals surface area (Å²) in [5.74, 6) is -0.00187. The third-order valence-electron chi connectivity index (χ3n) is 4.02. The van der Waals surface area contributed by atoms with E-state index in [1.807, 2.05) is 24.4 Å². The van der Waals surface area contributed by atoms with E-state index in [-0.39, 0.29) is 0 Å². The van der Waals surface area contributed by atoms with E-state index < -0.39 is 11.4 Å². The van der Waals surface area contributed by atoms with Gasteiger partial charge in [-0.1, -0.05) is 6.42 Å². The fraction of sp³-hybridized carbons (Fsp3) is 0.357. The van der Waals surface area contributed by atoms with E-state index >= 15 is 0 Å². The van der Waals surface area contributed by atoms with Crippen LogP contribution in [0.2, 0.25) is 0 Å². The van der Waals surface area contributed by atoms with Gasteiger partial charge in [0.15, 0.2) is 0 Å². The first kappa shape index (κ1) is 11.1. The average molecular weight is 245 g/mol. The zero-order valence-electron chi connectivity index (χ0n) is 10.2. The number of benzene rings is 1. The summed E-state index contributed by atoms with van der Waals surface area (Å²) in [7, 11) is 1.61. The highest BCUT2D eigenvalue weighted by atomic mass is 16.5. The van der Waals surface area contributed by atoms with Crippen molar-refractivity contribution in [2.24, 2.45) is 0 Å². The minimum Gasteiger partial charge on any atom is -0.496 e. The summed E-state index contributed by atoms with van der Waals surface area (Å²) in [6.07, 6.45) is 4.22. The SMILES string of the molecule is COc1cc(C2(C(=O)O)CCC2)cc2[nH]ccc12. The van der Waals surface area contributed by atoms with Crippen molar-refractivity contribution >= 4 is 16.9 Å². The summed E-state index contributed by atoms with van der Waals surface area (Å²) in [6, 6.07) is 5.74. The summed E-state index contributed by atoms with van der Waals surface area (Å²) in [6.45, 7) is 0. The minimum atomic E-state index is -0.735. The zero-order valence-corrected chi connectivity index (χ0v) is 10.2. The normalized spacial score (nSPS) is 17.4. The van der Waals surface area contributed by atoms with Crippen LogP contribution in [0.15, 0.2) is 24.4 Å². The van der Waals surface area contributed by atoms with Crippen LogP contribution in [0.4, 0.5) is 0 Å². The van der Waals surface area contributed by atoms with Gasteiger partial charge in [0.1, 0.15) is 5.75 Å². The highest BCUT2D eigenvalue weighted by Crippen LogP contribution is 2.46. The lowest BCUT2D eigenvalue weighted by Crippen LogP contribution is -2.42. The van der Waals surface area contributed by atoms with Crippen LogP contribution in [-0.4, -0.2) is 23.2 Å². The van der Waals surface area contributed by atoms with Gasteiger partial charge in [0, 0.05) is 17.1 Å². The first-order valence-electron chi connectivity index (χ1n) is 6.06. The number of hydrogen-bond acceptors (Lipinski definition) is 2. The smallest absolute Gasteiger partial charge is 0.314 e. The first-order valence-corrected chi connectivity index (χ1v) is 6.06. The summed E-state index contributed by atoms with van der Waals surface area (Å²) in [4.78, 5) is 14.6. The molecule has 1 fully saturated rings. The predicted molar refractivity (Wildman–Crippen MR) is 68.0 cm³/mol. The number of carboxylic acid groups (broad SMARTS) is 1. The van der Waals surface area contributed by atoms with Crippen molar-refractivity contribution in [2.75, 3.05) is 7.11 Å². The van der Waals surface area contributed by atoms with Crippen molar-refractivity contribution in [2.45, 2.75) is 24.7 Å². The van der Waals surface area contributed by atoms with Crippen LogP contribution in [0.1, 0.15) is 24.8 Å². The number of fused-ring (bicyclic) bond motifs is 1. The van der Waals surface area contributed by atoms with E-state index in [0.29, 0.717) is 12.8 Å². The van der Waals surface area contributed by atoms with Gasteiger partial charge in [-0.2, -0.15) is 0 Å². The van der Waals surface area contributed by atoms with E-state index in [9.17, 15) is 9.90 Å². The third kappa shape index (κ3) is 1.35. The van der Waals surface area contributed by atoms with Crippen molar-refractivity contribution in [3.8, 4) is 5.75 Å². The van der Waals surface area contributed by atoms with Crippen molar-refractivity contribution in [3.63, 3.8) is 0 Å². The van der Waals surface area contributed by atoms with Crippen LogP contribution in [-0.2, 0) is 10.2 Å². The van der Waals surface area contributed by atoms with Gasteiger partial charge < -0.3 is 14.8 Å². The lowest BCUT2D eigenvalue weighted by atomic mass is 9.64. The second-order valence-corrected chi connectivity index (χ2v) is 4.86. The number of methoxy groups -OCH3 is 1. The lowest BCUT2D eigenvalue weighted by Gasteiger charge is -2.38. The maximum Gasteiger partial charge on any atom is 0.314 e. The van der Waals surface area contributed by atoms with Crippen LogP contribution in [0.3, 0.4) is 0 Å². The van der Waals surface area contributed by atoms with E-state index in [2.05, 4.69) is 4.98 Å². The Morgan fingerprint density at radius 1 is 1.44 bits per heavy atom. The van der Waals surface area contributed by atoms with Crippen molar-refractivity contribution in [1.29, 1.82) is 0 Å². The number of carboxylic acids is 1. The molecule has 0 atom stereocenters. The van der Waals surface area contributed by atoms with Gasteiger partial charge in [-0.25, -0.2) is 0 Å². The van der Waals surface area contributed by atoms with Gasteiger partial charge in [-0.05, 0) is 36.6 Å². The van der Waals surface area contributed by atoms with E-state index in [4.69, 9.17) is 4.74 Å². The molecule has 4 heteroatoms.